The summed E-state index contributed by atoms with van der Waals surface area (Å²) in [5.41, 5.74) is 2.87. The molecule has 1 aromatic heterocycles. The van der Waals surface area contributed by atoms with Gasteiger partial charge in [-0.3, -0.25) is 4.98 Å². The zero-order valence-corrected chi connectivity index (χ0v) is 9.38. The second kappa shape index (κ2) is 4.31. The van der Waals surface area contributed by atoms with E-state index in [0.29, 0.717) is 0 Å². The van der Waals surface area contributed by atoms with Crippen molar-refractivity contribution in [2.45, 2.75) is 0 Å². The average Bonchev–Trinajstić information content (AvgIpc) is 2.81. The molecule has 0 fully saturated rings. The fraction of sp³-hybridized carbons (Fsp3) is 0.182. The number of rotatable bonds is 3. The van der Waals surface area contributed by atoms with E-state index < -0.39 is 0 Å². The molecule has 3 nitrogen and oxygen atoms in total. The molecule has 2 aromatic rings. The maximum Gasteiger partial charge on any atom is 0.123 e. The van der Waals surface area contributed by atoms with Crippen LogP contribution in [0.4, 0.5) is 0 Å². The fourth-order valence-electron chi connectivity index (χ4n) is 1.31. The molecule has 0 saturated carbocycles. The first-order chi connectivity index (χ1) is 7.33. The molecule has 15 heavy (non-hydrogen) atoms. The van der Waals surface area contributed by atoms with Crippen molar-refractivity contribution in [3.8, 4) is 21.9 Å². The molecule has 4 heteroatoms. The standard InChI is InChI=1S/C11H11NO2S/c1-13-9-3-8(4-10(5-9)14-2)11-6-12-7-15-11/h3-7H,1-2H3. The molecule has 1 heterocycles. The van der Waals surface area contributed by atoms with Crippen LogP contribution < -0.4 is 9.47 Å². The van der Waals surface area contributed by atoms with E-state index in [1.807, 2.05) is 24.4 Å². The molecule has 0 saturated heterocycles. The largest absolute Gasteiger partial charge is 0.497 e. The molecule has 78 valence electrons. The summed E-state index contributed by atoms with van der Waals surface area (Å²) in [4.78, 5) is 5.15. The van der Waals surface area contributed by atoms with Gasteiger partial charge >= 0.3 is 0 Å². The number of hydrogen-bond acceptors (Lipinski definition) is 4. The summed E-state index contributed by atoms with van der Waals surface area (Å²) >= 11 is 1.59. The molecule has 1 aromatic carbocycles. The Morgan fingerprint density at radius 1 is 1.07 bits per heavy atom. The second-order valence-electron chi connectivity index (χ2n) is 2.97. The third kappa shape index (κ3) is 2.10. The van der Waals surface area contributed by atoms with Crippen molar-refractivity contribution in [2.24, 2.45) is 0 Å². The van der Waals surface area contributed by atoms with Gasteiger partial charge in [0.2, 0.25) is 0 Å². The summed E-state index contributed by atoms with van der Waals surface area (Å²) < 4.78 is 10.4. The Hall–Kier alpha value is -1.55. The Kier molecular flexibility index (Phi) is 2.87. The smallest absolute Gasteiger partial charge is 0.123 e. The van der Waals surface area contributed by atoms with E-state index in [0.717, 1.165) is 21.9 Å². The number of hydrogen-bond donors (Lipinski definition) is 0. The molecule has 0 aliphatic carbocycles. The summed E-state index contributed by atoms with van der Waals surface area (Å²) in [6, 6.07) is 5.79. The van der Waals surface area contributed by atoms with Gasteiger partial charge in [0.1, 0.15) is 11.5 Å². The second-order valence-corrected chi connectivity index (χ2v) is 3.85. The SMILES string of the molecule is COc1cc(OC)cc(-c2cncs2)c1. The van der Waals surface area contributed by atoms with Crippen LogP contribution in [0.2, 0.25) is 0 Å². The van der Waals surface area contributed by atoms with Gasteiger partial charge in [-0.05, 0) is 12.1 Å². The highest BCUT2D eigenvalue weighted by Gasteiger charge is 2.04. The topological polar surface area (TPSA) is 31.4 Å². The van der Waals surface area contributed by atoms with Crippen LogP contribution in [0.3, 0.4) is 0 Å². The number of aromatic nitrogens is 1. The Morgan fingerprint density at radius 2 is 1.73 bits per heavy atom. The third-order valence-electron chi connectivity index (χ3n) is 2.07. The lowest BCUT2D eigenvalue weighted by Crippen LogP contribution is -1.87. The summed E-state index contributed by atoms with van der Waals surface area (Å²) in [6.07, 6.45) is 1.83. The van der Waals surface area contributed by atoms with Crippen molar-refractivity contribution in [3.05, 3.63) is 29.9 Å². The first kappa shape index (κ1) is 9.98. The van der Waals surface area contributed by atoms with E-state index in [2.05, 4.69) is 4.98 Å². The summed E-state index contributed by atoms with van der Waals surface area (Å²) in [5.74, 6) is 1.58. The van der Waals surface area contributed by atoms with Crippen molar-refractivity contribution in [3.63, 3.8) is 0 Å². The molecule has 0 N–H and O–H groups in total. The highest BCUT2D eigenvalue weighted by Crippen LogP contribution is 2.31. The highest BCUT2D eigenvalue weighted by atomic mass is 32.1. The van der Waals surface area contributed by atoms with Crippen LogP contribution in [0.15, 0.2) is 29.9 Å². The Balaban J connectivity index is 2.47. The molecule has 0 amide bonds. The molecule has 0 aliphatic heterocycles. The van der Waals surface area contributed by atoms with E-state index in [1.54, 1.807) is 31.1 Å². The van der Waals surface area contributed by atoms with Crippen LogP contribution >= 0.6 is 11.3 Å². The molecule has 0 atom stereocenters. The van der Waals surface area contributed by atoms with Gasteiger partial charge in [-0.15, -0.1) is 11.3 Å². The minimum Gasteiger partial charge on any atom is -0.497 e. The Morgan fingerprint density at radius 3 is 2.20 bits per heavy atom. The minimum atomic E-state index is 0.790. The van der Waals surface area contributed by atoms with Crippen molar-refractivity contribution < 1.29 is 9.47 Å². The maximum absolute atomic E-state index is 5.20. The van der Waals surface area contributed by atoms with Crippen LogP contribution in [0, 0.1) is 0 Å². The van der Waals surface area contributed by atoms with Crippen LogP contribution in [-0.2, 0) is 0 Å². The Labute approximate surface area is 92.3 Å². The van der Waals surface area contributed by atoms with Crippen molar-refractivity contribution in [2.75, 3.05) is 14.2 Å². The molecule has 2 rings (SSSR count). The van der Waals surface area contributed by atoms with Gasteiger partial charge in [0.25, 0.3) is 0 Å². The van der Waals surface area contributed by atoms with Crippen LogP contribution in [-0.4, -0.2) is 19.2 Å². The van der Waals surface area contributed by atoms with E-state index in [4.69, 9.17) is 9.47 Å². The van der Waals surface area contributed by atoms with E-state index in [1.165, 1.54) is 0 Å². The summed E-state index contributed by atoms with van der Waals surface area (Å²) in [6.45, 7) is 0. The predicted octanol–water partition coefficient (Wildman–Crippen LogP) is 2.83. The van der Waals surface area contributed by atoms with Gasteiger partial charge in [-0.25, -0.2) is 0 Å². The quantitative estimate of drug-likeness (QED) is 0.798. The number of thiazole rings is 1. The fourth-order valence-corrected chi connectivity index (χ4v) is 1.92. The van der Waals surface area contributed by atoms with Crippen LogP contribution in [0.1, 0.15) is 0 Å². The first-order valence-electron chi connectivity index (χ1n) is 4.45. The monoisotopic (exact) mass is 221 g/mol. The van der Waals surface area contributed by atoms with Crippen LogP contribution in [0.25, 0.3) is 10.4 Å². The molecule has 0 aliphatic rings. The molecular weight excluding hydrogens is 210 g/mol. The third-order valence-corrected chi connectivity index (χ3v) is 2.89. The van der Waals surface area contributed by atoms with E-state index in [9.17, 15) is 0 Å². The lowest BCUT2D eigenvalue weighted by atomic mass is 10.2. The number of ether oxygens (including phenoxy) is 2. The number of nitrogens with zero attached hydrogens (tertiary/aromatic N) is 1. The highest BCUT2D eigenvalue weighted by molar-refractivity contribution is 7.13. The summed E-state index contributed by atoms with van der Waals surface area (Å²) in [7, 11) is 3.29. The first-order valence-corrected chi connectivity index (χ1v) is 5.33. The van der Waals surface area contributed by atoms with Gasteiger partial charge in [-0.2, -0.15) is 0 Å². The zero-order valence-electron chi connectivity index (χ0n) is 8.56. The number of benzene rings is 1. The lowest BCUT2D eigenvalue weighted by molar-refractivity contribution is 0.394. The lowest BCUT2D eigenvalue weighted by Gasteiger charge is -2.06. The van der Waals surface area contributed by atoms with E-state index >= 15 is 0 Å². The van der Waals surface area contributed by atoms with Gasteiger partial charge < -0.3 is 9.47 Å². The maximum atomic E-state index is 5.20. The predicted molar refractivity (Wildman–Crippen MR) is 60.7 cm³/mol. The summed E-state index contributed by atoms with van der Waals surface area (Å²) in [5, 5.41) is 0. The molecule has 0 radical (unpaired) electrons. The van der Waals surface area contributed by atoms with Gasteiger partial charge in [0, 0.05) is 17.8 Å². The van der Waals surface area contributed by atoms with Crippen molar-refractivity contribution >= 4 is 11.3 Å². The normalized spacial score (nSPS) is 10.0. The van der Waals surface area contributed by atoms with Gasteiger partial charge in [0.05, 0.1) is 24.6 Å². The van der Waals surface area contributed by atoms with Crippen molar-refractivity contribution in [1.29, 1.82) is 0 Å². The Bertz CT molecular complexity index is 418. The number of methoxy groups -OCH3 is 2. The van der Waals surface area contributed by atoms with E-state index in [-0.39, 0.29) is 0 Å². The molecule has 0 spiro atoms. The molecular formula is C11H11NO2S. The zero-order chi connectivity index (χ0) is 10.7. The van der Waals surface area contributed by atoms with Gasteiger partial charge in [-0.1, -0.05) is 0 Å². The molecule has 0 bridgehead atoms. The minimum absolute atomic E-state index is 0.790. The average molecular weight is 221 g/mol. The van der Waals surface area contributed by atoms with Gasteiger partial charge in [0.15, 0.2) is 0 Å². The van der Waals surface area contributed by atoms with Crippen molar-refractivity contribution in [1.82, 2.24) is 4.98 Å². The van der Waals surface area contributed by atoms with Crippen LogP contribution in [0.5, 0.6) is 11.5 Å². The molecule has 0 unspecified atom stereocenters.